The Labute approximate surface area is 222 Å². The Kier molecular flexibility index (Phi) is 8.30. The molecule has 194 valence electrons. The van der Waals surface area contributed by atoms with E-state index in [4.69, 9.17) is 4.43 Å². The fraction of sp³-hybridized carbons (Fsp3) is 0.355. The van der Waals surface area contributed by atoms with Crippen molar-refractivity contribution in [1.29, 1.82) is 0 Å². The first-order valence-electron chi connectivity index (χ1n) is 13.1. The van der Waals surface area contributed by atoms with E-state index in [1.807, 2.05) is 49.4 Å². The summed E-state index contributed by atoms with van der Waals surface area (Å²) >= 11 is 0. The molecule has 3 aromatic carbocycles. The van der Waals surface area contributed by atoms with Crippen LogP contribution in [-0.4, -0.2) is 37.3 Å². The van der Waals surface area contributed by atoms with Gasteiger partial charge in [-0.3, -0.25) is 10.1 Å². The molecule has 0 aromatic heterocycles. The van der Waals surface area contributed by atoms with Gasteiger partial charge in [0.1, 0.15) is 5.60 Å². The van der Waals surface area contributed by atoms with Gasteiger partial charge >= 0.3 is 0 Å². The zero-order valence-electron chi connectivity index (χ0n) is 22.3. The summed E-state index contributed by atoms with van der Waals surface area (Å²) in [6.07, 6.45) is 4.19. The topological polar surface area (TPSA) is 55.6 Å². The average molecular weight is 515 g/mol. The third kappa shape index (κ3) is 6.20. The highest BCUT2D eigenvalue weighted by molar-refractivity contribution is 6.69. The monoisotopic (exact) mass is 514 g/mol. The smallest absolute Gasteiger partial charge is 0.214 e. The third-order valence-corrected chi connectivity index (χ3v) is 8.02. The predicted molar refractivity (Wildman–Crippen MR) is 153 cm³/mol. The number of likely N-dealkylation sites (tertiary alicyclic amines) is 1. The highest BCUT2D eigenvalue weighted by atomic mass is 28.4. The Bertz CT molecular complexity index is 1150. The zero-order valence-corrected chi connectivity index (χ0v) is 23.3. The molecule has 1 aliphatic heterocycles. The van der Waals surface area contributed by atoms with Crippen LogP contribution in [0.5, 0.6) is 0 Å². The second-order valence-corrected chi connectivity index (χ2v) is 15.4. The molecule has 3 aromatic rings. The van der Waals surface area contributed by atoms with Gasteiger partial charge in [-0.1, -0.05) is 91.0 Å². The number of nitro groups is 1. The maximum Gasteiger partial charge on any atom is 0.214 e. The Balaban J connectivity index is 1.84. The lowest BCUT2D eigenvalue weighted by Crippen LogP contribution is -2.53. The molecule has 37 heavy (non-hydrogen) atoms. The van der Waals surface area contributed by atoms with Gasteiger partial charge < -0.3 is 9.33 Å². The van der Waals surface area contributed by atoms with Crippen molar-refractivity contribution in [1.82, 2.24) is 4.90 Å². The average Bonchev–Trinajstić information content (AvgIpc) is 3.35. The van der Waals surface area contributed by atoms with E-state index in [9.17, 15) is 10.1 Å². The summed E-state index contributed by atoms with van der Waals surface area (Å²) < 4.78 is 7.26. The SMILES string of the molecule is C/C(=C\N1CCC[C@H]1C(O[Si](C)(C)C)(c1ccccc1)c1ccccc1)[C@H](C[N+](=O)[O-])c1ccccc1. The van der Waals surface area contributed by atoms with Gasteiger partial charge in [-0.05, 0) is 67.9 Å². The maximum atomic E-state index is 11.6. The van der Waals surface area contributed by atoms with Crippen molar-refractivity contribution in [3.63, 3.8) is 0 Å². The minimum atomic E-state index is -2.03. The lowest BCUT2D eigenvalue weighted by Gasteiger charge is -2.47. The summed E-state index contributed by atoms with van der Waals surface area (Å²) in [5, 5.41) is 11.6. The van der Waals surface area contributed by atoms with Crippen LogP contribution in [-0.2, 0) is 10.0 Å². The van der Waals surface area contributed by atoms with Crippen molar-refractivity contribution < 1.29 is 9.35 Å². The highest BCUT2D eigenvalue weighted by Gasteiger charge is 2.49. The summed E-state index contributed by atoms with van der Waals surface area (Å²) in [7, 11) is -2.03. The summed E-state index contributed by atoms with van der Waals surface area (Å²) in [4.78, 5) is 13.8. The quantitative estimate of drug-likeness (QED) is 0.163. The number of benzene rings is 3. The summed E-state index contributed by atoms with van der Waals surface area (Å²) in [6.45, 7) is 9.53. The van der Waals surface area contributed by atoms with Crippen LogP contribution >= 0.6 is 0 Å². The fourth-order valence-corrected chi connectivity index (χ4v) is 7.01. The molecule has 0 bridgehead atoms. The van der Waals surface area contributed by atoms with Crippen molar-refractivity contribution in [2.45, 2.75) is 57.0 Å². The van der Waals surface area contributed by atoms with Crippen molar-refractivity contribution in [3.8, 4) is 0 Å². The number of hydrogen-bond donors (Lipinski definition) is 0. The van der Waals surface area contributed by atoms with Crippen LogP contribution < -0.4 is 0 Å². The minimum absolute atomic E-state index is 0.0611. The largest absolute Gasteiger partial charge is 0.402 e. The van der Waals surface area contributed by atoms with Crippen molar-refractivity contribution >= 4 is 8.32 Å². The molecular formula is C31H38N2O3Si. The normalized spacial score (nSPS) is 17.6. The van der Waals surface area contributed by atoms with Crippen molar-refractivity contribution in [2.24, 2.45) is 0 Å². The molecule has 1 aliphatic rings. The van der Waals surface area contributed by atoms with Gasteiger partial charge in [0.05, 0.1) is 12.0 Å². The van der Waals surface area contributed by atoms with E-state index >= 15 is 0 Å². The standard InChI is InChI=1S/C31H38N2O3Si/c1-25(29(24-33(34)35)26-15-8-5-9-16-26)23-32-22-14-21-30(32)31(36-37(2,3)4,27-17-10-6-11-18-27)28-19-12-7-13-20-28/h5-13,15-20,23,29-30H,14,21-22,24H2,1-4H3/b25-23+/t29-,30-/m0/s1. The van der Waals surface area contributed by atoms with Gasteiger partial charge in [-0.25, -0.2) is 0 Å². The molecule has 0 radical (unpaired) electrons. The van der Waals surface area contributed by atoms with E-state index in [0.29, 0.717) is 0 Å². The van der Waals surface area contributed by atoms with Gasteiger partial charge in [0.15, 0.2) is 8.32 Å². The second kappa shape index (κ2) is 11.4. The number of nitrogens with zero attached hydrogens (tertiary/aromatic N) is 2. The second-order valence-electron chi connectivity index (χ2n) is 10.9. The van der Waals surface area contributed by atoms with Crippen LogP contribution in [0.2, 0.25) is 19.6 Å². The highest BCUT2D eigenvalue weighted by Crippen LogP contribution is 2.45. The van der Waals surface area contributed by atoms with Crippen LogP contribution in [0.25, 0.3) is 0 Å². The first-order valence-corrected chi connectivity index (χ1v) is 16.5. The lowest BCUT2D eigenvalue weighted by molar-refractivity contribution is -0.482. The molecule has 1 fully saturated rings. The molecule has 6 heteroatoms. The first-order chi connectivity index (χ1) is 17.7. The molecule has 0 spiro atoms. The van der Waals surface area contributed by atoms with Crippen LogP contribution in [0.4, 0.5) is 0 Å². The zero-order chi connectivity index (χ0) is 26.5. The molecule has 0 amide bonds. The van der Waals surface area contributed by atoms with Gasteiger partial charge in [0, 0.05) is 11.5 Å². The van der Waals surface area contributed by atoms with E-state index < -0.39 is 13.9 Å². The van der Waals surface area contributed by atoms with Crippen LogP contribution in [0.15, 0.2) is 103 Å². The Morgan fingerprint density at radius 3 is 2.00 bits per heavy atom. The van der Waals surface area contributed by atoms with E-state index in [1.54, 1.807) is 0 Å². The number of rotatable bonds is 10. The molecule has 1 saturated heterocycles. The number of hydrogen-bond acceptors (Lipinski definition) is 4. The Morgan fingerprint density at radius 2 is 1.51 bits per heavy atom. The Hall–Kier alpha value is -3.22. The van der Waals surface area contributed by atoms with Gasteiger partial charge in [-0.2, -0.15) is 0 Å². The van der Waals surface area contributed by atoms with Crippen LogP contribution in [0.3, 0.4) is 0 Å². The molecular weight excluding hydrogens is 476 g/mol. The summed E-state index contributed by atoms with van der Waals surface area (Å²) in [5.41, 5.74) is 3.62. The van der Waals surface area contributed by atoms with Crippen molar-refractivity contribution in [2.75, 3.05) is 13.1 Å². The summed E-state index contributed by atoms with van der Waals surface area (Å²) in [6, 6.07) is 31.0. The van der Waals surface area contributed by atoms with Crippen molar-refractivity contribution in [3.05, 3.63) is 130 Å². The molecule has 0 saturated carbocycles. The molecule has 0 aliphatic carbocycles. The fourth-order valence-electron chi connectivity index (χ4n) is 5.67. The molecule has 1 heterocycles. The third-order valence-electron chi connectivity index (χ3n) is 7.09. The maximum absolute atomic E-state index is 11.6. The minimum Gasteiger partial charge on any atom is -0.402 e. The molecule has 0 N–H and O–H groups in total. The molecule has 0 unspecified atom stereocenters. The molecule has 2 atom stereocenters. The van der Waals surface area contributed by atoms with Crippen LogP contribution in [0, 0.1) is 10.1 Å². The predicted octanol–water partition coefficient (Wildman–Crippen LogP) is 7.21. The summed E-state index contributed by atoms with van der Waals surface area (Å²) in [5.74, 6) is -0.279. The van der Waals surface area contributed by atoms with Gasteiger partial charge in [0.25, 0.3) is 0 Å². The molecule has 5 nitrogen and oxygen atoms in total. The van der Waals surface area contributed by atoms with E-state index in [1.165, 1.54) is 0 Å². The van der Waals surface area contributed by atoms with Gasteiger partial charge in [0.2, 0.25) is 6.54 Å². The van der Waals surface area contributed by atoms with Crippen LogP contribution in [0.1, 0.15) is 42.4 Å². The van der Waals surface area contributed by atoms with Gasteiger partial charge in [-0.15, -0.1) is 0 Å². The first kappa shape index (κ1) is 26.8. The van der Waals surface area contributed by atoms with E-state index in [-0.39, 0.29) is 23.4 Å². The molecule has 4 rings (SSSR count). The van der Waals surface area contributed by atoms with E-state index in [2.05, 4.69) is 79.3 Å². The van der Waals surface area contributed by atoms with E-state index in [0.717, 1.165) is 41.6 Å². The Morgan fingerprint density at radius 1 is 1.00 bits per heavy atom. The lowest BCUT2D eigenvalue weighted by atomic mass is 9.79.